The Bertz CT molecular complexity index is 736. The van der Waals surface area contributed by atoms with Crippen LogP contribution in [0.3, 0.4) is 0 Å². The Morgan fingerprint density at radius 3 is 2.70 bits per heavy atom. The molecule has 0 spiro atoms. The number of nitrogens with zero attached hydrogens (tertiary/aromatic N) is 5. The van der Waals surface area contributed by atoms with Gasteiger partial charge in [-0.1, -0.05) is 0 Å². The van der Waals surface area contributed by atoms with E-state index < -0.39 is 0 Å². The molecular formula is C20H28N6O. The van der Waals surface area contributed by atoms with Crippen LogP contribution in [0.25, 0.3) is 11.5 Å². The quantitative estimate of drug-likeness (QED) is 0.893. The molecule has 1 amide bonds. The molecule has 1 N–H and O–H groups in total. The van der Waals surface area contributed by atoms with Crippen molar-refractivity contribution in [3.63, 3.8) is 0 Å². The first-order chi connectivity index (χ1) is 13.2. The molecule has 2 aliphatic heterocycles. The lowest BCUT2D eigenvalue weighted by Gasteiger charge is -2.37. The van der Waals surface area contributed by atoms with Gasteiger partial charge in [-0.05, 0) is 58.2 Å². The van der Waals surface area contributed by atoms with Gasteiger partial charge in [-0.15, -0.1) is 0 Å². The van der Waals surface area contributed by atoms with E-state index in [0.717, 1.165) is 75.5 Å². The fraction of sp³-hybridized carbons (Fsp3) is 0.600. The van der Waals surface area contributed by atoms with Gasteiger partial charge in [0.25, 0.3) is 0 Å². The second-order valence-electron chi connectivity index (χ2n) is 7.90. The number of H-pyrrole nitrogens is 1. The van der Waals surface area contributed by atoms with Gasteiger partial charge >= 0.3 is 0 Å². The zero-order valence-corrected chi connectivity index (χ0v) is 16.0. The van der Waals surface area contributed by atoms with Crippen molar-refractivity contribution in [1.82, 2.24) is 29.7 Å². The van der Waals surface area contributed by atoms with Crippen LogP contribution >= 0.6 is 0 Å². The van der Waals surface area contributed by atoms with Crippen molar-refractivity contribution in [2.45, 2.75) is 32.1 Å². The standard InChI is InChI=1S/C20H28N6O/c1-25-9-4-16(5-10-25)20(27)26-8-2-3-15(14-26)11-17-12-24-18(13-23-17)19-21-6-7-22-19/h6-7,12-13,15-16H,2-5,8-11,14H2,1H3,(H,21,22)/t15-/m0/s1. The molecule has 4 rings (SSSR count). The average molecular weight is 368 g/mol. The van der Waals surface area contributed by atoms with E-state index in [2.05, 4.69) is 36.8 Å². The summed E-state index contributed by atoms with van der Waals surface area (Å²) in [4.78, 5) is 33.6. The third-order valence-electron chi connectivity index (χ3n) is 5.84. The largest absolute Gasteiger partial charge is 0.343 e. The Kier molecular flexibility index (Phi) is 5.48. The highest BCUT2D eigenvalue weighted by Crippen LogP contribution is 2.25. The Morgan fingerprint density at radius 1 is 1.15 bits per heavy atom. The summed E-state index contributed by atoms with van der Waals surface area (Å²) in [5, 5.41) is 0. The minimum absolute atomic E-state index is 0.215. The summed E-state index contributed by atoms with van der Waals surface area (Å²) >= 11 is 0. The van der Waals surface area contributed by atoms with E-state index in [1.807, 2.05) is 6.20 Å². The van der Waals surface area contributed by atoms with Crippen molar-refractivity contribution in [3.05, 3.63) is 30.5 Å². The summed E-state index contributed by atoms with van der Waals surface area (Å²) in [6.45, 7) is 3.83. The normalized spacial score (nSPS) is 22.1. The minimum atomic E-state index is 0.215. The third-order valence-corrected chi connectivity index (χ3v) is 5.84. The lowest BCUT2D eigenvalue weighted by Crippen LogP contribution is -2.46. The van der Waals surface area contributed by atoms with Gasteiger partial charge in [0.05, 0.1) is 11.9 Å². The summed E-state index contributed by atoms with van der Waals surface area (Å²) in [6, 6.07) is 0. The first-order valence-electron chi connectivity index (χ1n) is 9.97. The van der Waals surface area contributed by atoms with Crippen LogP contribution in [0.4, 0.5) is 0 Å². The topological polar surface area (TPSA) is 78.0 Å². The summed E-state index contributed by atoms with van der Waals surface area (Å²) in [5.41, 5.74) is 1.75. The van der Waals surface area contributed by atoms with Crippen LogP contribution in [0.1, 0.15) is 31.4 Å². The highest BCUT2D eigenvalue weighted by Gasteiger charge is 2.30. The van der Waals surface area contributed by atoms with Crippen molar-refractivity contribution in [2.75, 3.05) is 33.2 Å². The van der Waals surface area contributed by atoms with Gasteiger partial charge in [-0.25, -0.2) is 9.97 Å². The Balaban J connectivity index is 1.33. The molecule has 0 bridgehead atoms. The van der Waals surface area contributed by atoms with Gasteiger partial charge in [0.15, 0.2) is 5.82 Å². The number of nitrogens with one attached hydrogen (secondary N) is 1. The maximum Gasteiger partial charge on any atom is 0.225 e. The lowest BCUT2D eigenvalue weighted by atomic mass is 9.90. The number of hydrogen-bond acceptors (Lipinski definition) is 5. The van der Waals surface area contributed by atoms with Crippen LogP contribution in [0.2, 0.25) is 0 Å². The van der Waals surface area contributed by atoms with Crippen molar-refractivity contribution in [3.8, 4) is 11.5 Å². The molecule has 2 aromatic heterocycles. The van der Waals surface area contributed by atoms with Crippen LogP contribution in [0.15, 0.2) is 24.8 Å². The zero-order valence-electron chi connectivity index (χ0n) is 16.0. The first-order valence-corrected chi connectivity index (χ1v) is 9.97. The van der Waals surface area contributed by atoms with E-state index in [1.54, 1.807) is 18.6 Å². The van der Waals surface area contributed by atoms with E-state index in [1.165, 1.54) is 0 Å². The average Bonchev–Trinajstić information content (AvgIpc) is 3.24. The van der Waals surface area contributed by atoms with Crippen LogP contribution in [-0.4, -0.2) is 68.9 Å². The van der Waals surface area contributed by atoms with Crippen molar-refractivity contribution in [2.24, 2.45) is 11.8 Å². The number of aromatic nitrogens is 4. The van der Waals surface area contributed by atoms with Gasteiger partial charge < -0.3 is 14.8 Å². The second-order valence-corrected chi connectivity index (χ2v) is 7.90. The highest BCUT2D eigenvalue weighted by molar-refractivity contribution is 5.79. The van der Waals surface area contributed by atoms with Crippen LogP contribution in [0.5, 0.6) is 0 Å². The van der Waals surface area contributed by atoms with Crippen LogP contribution in [-0.2, 0) is 11.2 Å². The lowest BCUT2D eigenvalue weighted by molar-refractivity contribution is -0.138. The van der Waals surface area contributed by atoms with E-state index in [4.69, 9.17) is 0 Å². The molecular weight excluding hydrogens is 340 g/mol. The van der Waals surface area contributed by atoms with Gasteiger partial charge in [-0.3, -0.25) is 9.78 Å². The molecule has 0 saturated carbocycles. The number of hydrogen-bond donors (Lipinski definition) is 1. The fourth-order valence-corrected chi connectivity index (χ4v) is 4.23. The number of carbonyl (C=O) groups is 1. The number of carbonyl (C=O) groups excluding carboxylic acids is 1. The first kappa shape index (κ1) is 18.1. The predicted octanol–water partition coefficient (Wildman–Crippen LogP) is 1.99. The molecule has 7 heteroatoms. The molecule has 1 atom stereocenters. The minimum Gasteiger partial charge on any atom is -0.343 e. The van der Waals surface area contributed by atoms with E-state index in [9.17, 15) is 4.79 Å². The van der Waals surface area contributed by atoms with Crippen molar-refractivity contribution in [1.29, 1.82) is 0 Å². The number of rotatable bonds is 4. The SMILES string of the molecule is CN1CCC(C(=O)N2CCC[C@@H](Cc3cnc(-c4ncc[nH]4)cn3)C2)CC1. The van der Waals surface area contributed by atoms with Crippen LogP contribution in [0, 0.1) is 11.8 Å². The van der Waals surface area contributed by atoms with E-state index in [0.29, 0.717) is 11.8 Å². The van der Waals surface area contributed by atoms with Crippen molar-refractivity contribution >= 4 is 5.91 Å². The third kappa shape index (κ3) is 4.35. The Labute approximate surface area is 160 Å². The molecule has 0 aliphatic carbocycles. The maximum absolute atomic E-state index is 12.9. The molecule has 0 unspecified atom stereocenters. The molecule has 144 valence electrons. The Hall–Kier alpha value is -2.28. The number of piperidine rings is 2. The van der Waals surface area contributed by atoms with E-state index in [-0.39, 0.29) is 5.92 Å². The predicted molar refractivity (Wildman–Crippen MR) is 103 cm³/mol. The van der Waals surface area contributed by atoms with Crippen LogP contribution < -0.4 is 0 Å². The molecule has 2 saturated heterocycles. The van der Waals surface area contributed by atoms with Crippen molar-refractivity contribution < 1.29 is 4.79 Å². The number of imidazole rings is 1. The van der Waals surface area contributed by atoms with Gasteiger partial charge in [0.2, 0.25) is 5.91 Å². The molecule has 4 heterocycles. The monoisotopic (exact) mass is 368 g/mol. The van der Waals surface area contributed by atoms with Gasteiger partial charge in [0, 0.05) is 37.6 Å². The molecule has 0 radical (unpaired) electrons. The fourth-order valence-electron chi connectivity index (χ4n) is 4.23. The summed E-state index contributed by atoms with van der Waals surface area (Å²) in [7, 11) is 2.13. The summed E-state index contributed by atoms with van der Waals surface area (Å²) in [5.74, 6) is 1.79. The number of likely N-dealkylation sites (tertiary alicyclic amines) is 2. The molecule has 2 aromatic rings. The highest BCUT2D eigenvalue weighted by atomic mass is 16.2. The molecule has 2 fully saturated rings. The molecule has 7 nitrogen and oxygen atoms in total. The molecule has 2 aliphatic rings. The summed E-state index contributed by atoms with van der Waals surface area (Å²) < 4.78 is 0. The Morgan fingerprint density at radius 2 is 2.00 bits per heavy atom. The second kappa shape index (κ2) is 8.17. The zero-order chi connectivity index (χ0) is 18.6. The summed E-state index contributed by atoms with van der Waals surface area (Å²) in [6.07, 6.45) is 12.2. The molecule has 0 aromatic carbocycles. The number of aromatic amines is 1. The number of amides is 1. The van der Waals surface area contributed by atoms with E-state index >= 15 is 0 Å². The van der Waals surface area contributed by atoms with Gasteiger partial charge in [-0.2, -0.15) is 0 Å². The maximum atomic E-state index is 12.9. The molecule has 27 heavy (non-hydrogen) atoms. The van der Waals surface area contributed by atoms with Gasteiger partial charge in [0.1, 0.15) is 5.69 Å². The smallest absolute Gasteiger partial charge is 0.225 e.